The molecule has 2 aromatic carbocycles. The quantitative estimate of drug-likeness (QED) is 0.546. The van der Waals surface area contributed by atoms with Gasteiger partial charge in [0.15, 0.2) is 0 Å². The third-order valence-electron chi connectivity index (χ3n) is 6.03. The highest BCUT2D eigenvalue weighted by Gasteiger charge is 2.37. The number of nitrogens with two attached hydrogens (primary N) is 1. The molecule has 2 unspecified atom stereocenters. The smallest absolute Gasteiger partial charge is 0.303 e. The number of nitrogens with one attached hydrogen (secondary N) is 1. The number of rotatable bonds is 6. The van der Waals surface area contributed by atoms with Crippen molar-refractivity contribution in [3.63, 3.8) is 0 Å². The van der Waals surface area contributed by atoms with Gasteiger partial charge in [0, 0.05) is 37.2 Å². The summed E-state index contributed by atoms with van der Waals surface area (Å²) in [6, 6.07) is 15.9. The van der Waals surface area contributed by atoms with E-state index in [1.165, 1.54) is 6.92 Å². The lowest BCUT2D eigenvalue weighted by molar-refractivity contribution is -0.162. The van der Waals surface area contributed by atoms with Crippen LogP contribution in [0.2, 0.25) is 0 Å². The van der Waals surface area contributed by atoms with Gasteiger partial charge >= 0.3 is 5.97 Å². The lowest BCUT2D eigenvalue weighted by Gasteiger charge is -2.36. The number of benzene rings is 2. The van der Waals surface area contributed by atoms with E-state index in [0.29, 0.717) is 30.9 Å². The van der Waals surface area contributed by atoms with Crippen LogP contribution in [0, 0.1) is 0 Å². The molecule has 2 atom stereocenters. The van der Waals surface area contributed by atoms with E-state index in [1.807, 2.05) is 30.3 Å². The molecule has 0 aliphatic carbocycles. The highest BCUT2D eigenvalue weighted by molar-refractivity contribution is 5.92. The van der Waals surface area contributed by atoms with Gasteiger partial charge in [0.1, 0.15) is 11.9 Å². The maximum atomic E-state index is 13.5. The highest BCUT2D eigenvalue weighted by atomic mass is 16.5. The largest absolute Gasteiger partial charge is 0.447 e. The number of amides is 2. The number of hydrogen-bond donors (Lipinski definition) is 2. The van der Waals surface area contributed by atoms with Gasteiger partial charge in [-0.2, -0.15) is 0 Å². The van der Waals surface area contributed by atoms with Crippen LogP contribution in [0.1, 0.15) is 43.4 Å². The molecule has 1 aliphatic rings. The Morgan fingerprint density at radius 1 is 1.15 bits per heavy atom. The number of nitrogens with zero attached hydrogens (tertiary/aromatic N) is 2. The molecular formula is C26H28N4O4. The fourth-order valence-electron chi connectivity index (χ4n) is 4.34. The number of carbonyl (C=O) groups excluding carboxylic acids is 3. The summed E-state index contributed by atoms with van der Waals surface area (Å²) in [6.45, 7) is 2.03. The molecule has 3 N–H and O–H groups in total. The maximum Gasteiger partial charge on any atom is 0.303 e. The molecule has 8 nitrogen and oxygen atoms in total. The zero-order valence-corrected chi connectivity index (χ0v) is 19.1. The van der Waals surface area contributed by atoms with Gasteiger partial charge in [-0.05, 0) is 42.3 Å². The van der Waals surface area contributed by atoms with Gasteiger partial charge < -0.3 is 20.7 Å². The Kier molecular flexibility index (Phi) is 7.06. The number of aromatic nitrogens is 1. The second-order valence-electron chi connectivity index (χ2n) is 8.41. The average molecular weight is 461 g/mol. The monoisotopic (exact) mass is 460 g/mol. The molecule has 176 valence electrons. The van der Waals surface area contributed by atoms with Gasteiger partial charge in [0.25, 0.3) is 5.91 Å². The predicted octanol–water partition coefficient (Wildman–Crippen LogP) is 3.12. The topological polar surface area (TPSA) is 115 Å². The molecular weight excluding hydrogens is 432 g/mol. The van der Waals surface area contributed by atoms with Crippen LogP contribution in [0.25, 0.3) is 10.8 Å². The molecule has 0 saturated carbocycles. The van der Waals surface area contributed by atoms with Crippen LogP contribution in [0.5, 0.6) is 0 Å². The number of carbonyl (C=O) groups is 3. The van der Waals surface area contributed by atoms with Crippen LogP contribution in [-0.4, -0.2) is 40.3 Å². The molecule has 1 saturated heterocycles. The van der Waals surface area contributed by atoms with Crippen LogP contribution >= 0.6 is 0 Å². The summed E-state index contributed by atoms with van der Waals surface area (Å²) in [5.74, 6) is -0.690. The Balaban J connectivity index is 1.49. The van der Waals surface area contributed by atoms with Crippen LogP contribution < -0.4 is 11.1 Å². The van der Waals surface area contributed by atoms with Crippen molar-refractivity contribution >= 4 is 34.4 Å². The molecule has 0 radical (unpaired) electrons. The molecule has 0 bridgehead atoms. The fourth-order valence-corrected chi connectivity index (χ4v) is 4.34. The van der Waals surface area contributed by atoms with Crippen LogP contribution in [0.4, 0.5) is 5.82 Å². The van der Waals surface area contributed by atoms with Crippen molar-refractivity contribution in [1.29, 1.82) is 0 Å². The molecule has 1 fully saturated rings. The number of pyridine rings is 1. The third kappa shape index (κ3) is 5.17. The summed E-state index contributed by atoms with van der Waals surface area (Å²) in [4.78, 5) is 44.0. The first kappa shape index (κ1) is 23.2. The number of anilines is 1. The van der Waals surface area contributed by atoms with Crippen molar-refractivity contribution in [3.8, 4) is 0 Å². The number of piperidine rings is 1. The molecule has 2 amide bonds. The molecule has 8 heteroatoms. The molecule has 3 aromatic rings. The molecule has 34 heavy (non-hydrogen) atoms. The average Bonchev–Trinajstić information content (AvgIpc) is 2.86. The van der Waals surface area contributed by atoms with Gasteiger partial charge in [-0.15, -0.1) is 0 Å². The number of hydrogen-bond acceptors (Lipinski definition) is 6. The molecule has 4 rings (SSSR count). The number of nitrogen functional groups attached to an aromatic ring is 1. The van der Waals surface area contributed by atoms with E-state index in [-0.39, 0.29) is 11.8 Å². The van der Waals surface area contributed by atoms with Crippen LogP contribution in [0.3, 0.4) is 0 Å². The van der Waals surface area contributed by atoms with Crippen molar-refractivity contribution in [2.24, 2.45) is 0 Å². The second-order valence-corrected chi connectivity index (χ2v) is 8.41. The van der Waals surface area contributed by atoms with Gasteiger partial charge in [0.2, 0.25) is 12.0 Å². The van der Waals surface area contributed by atoms with E-state index < -0.39 is 18.1 Å². The first-order valence-corrected chi connectivity index (χ1v) is 11.4. The Morgan fingerprint density at radius 3 is 2.71 bits per heavy atom. The summed E-state index contributed by atoms with van der Waals surface area (Å²) in [6.07, 6.45) is 2.76. The number of fused-ring (bicyclic) bond motifs is 1. The predicted molar refractivity (Wildman–Crippen MR) is 128 cm³/mol. The van der Waals surface area contributed by atoms with Crippen molar-refractivity contribution < 1.29 is 19.1 Å². The van der Waals surface area contributed by atoms with E-state index in [2.05, 4.69) is 10.3 Å². The molecule has 0 spiro atoms. The Hall–Kier alpha value is -3.94. The third-order valence-corrected chi connectivity index (χ3v) is 6.03. The standard InChI is InChI=1S/C26H28N4O4/c1-17(31)34-23(19-7-3-2-4-8-19)26(33)30-14-6-5-9-22(30)25(32)29-16-18-10-11-21-20(15-18)12-13-28-24(21)27/h2-4,7-8,10-13,15,22-23H,5-6,9,14,16H2,1H3,(H2,27,28)(H,29,32). The van der Waals surface area contributed by atoms with E-state index in [0.717, 1.165) is 29.2 Å². The summed E-state index contributed by atoms with van der Waals surface area (Å²) >= 11 is 0. The molecule has 1 aromatic heterocycles. The normalized spacial score (nSPS) is 16.6. The first-order valence-electron chi connectivity index (χ1n) is 11.4. The first-order chi connectivity index (χ1) is 16.4. The molecule has 1 aliphatic heterocycles. The Labute approximate surface area is 198 Å². The minimum Gasteiger partial charge on any atom is -0.447 e. The van der Waals surface area contributed by atoms with Gasteiger partial charge in [-0.25, -0.2) is 4.98 Å². The summed E-state index contributed by atoms with van der Waals surface area (Å²) < 4.78 is 5.38. The lowest BCUT2D eigenvalue weighted by atomic mass is 9.98. The second kappa shape index (κ2) is 10.3. The lowest BCUT2D eigenvalue weighted by Crippen LogP contribution is -2.53. The van der Waals surface area contributed by atoms with Gasteiger partial charge in [0.05, 0.1) is 0 Å². The van der Waals surface area contributed by atoms with Gasteiger partial charge in [-0.3, -0.25) is 14.4 Å². The highest BCUT2D eigenvalue weighted by Crippen LogP contribution is 2.26. The van der Waals surface area contributed by atoms with E-state index in [1.54, 1.807) is 35.4 Å². The minimum absolute atomic E-state index is 0.225. The van der Waals surface area contributed by atoms with Crippen molar-refractivity contribution in [2.75, 3.05) is 12.3 Å². The van der Waals surface area contributed by atoms with E-state index >= 15 is 0 Å². The van der Waals surface area contributed by atoms with E-state index in [9.17, 15) is 14.4 Å². The number of ether oxygens (including phenoxy) is 1. The van der Waals surface area contributed by atoms with Gasteiger partial charge in [-0.1, -0.05) is 42.5 Å². The fraction of sp³-hybridized carbons (Fsp3) is 0.308. The Morgan fingerprint density at radius 2 is 1.94 bits per heavy atom. The zero-order valence-electron chi connectivity index (χ0n) is 19.1. The summed E-state index contributed by atoms with van der Waals surface area (Å²) in [5, 5.41) is 4.77. The number of likely N-dealkylation sites (tertiary alicyclic amines) is 1. The van der Waals surface area contributed by atoms with Crippen LogP contribution in [0.15, 0.2) is 60.8 Å². The van der Waals surface area contributed by atoms with Crippen molar-refractivity contribution in [3.05, 3.63) is 71.9 Å². The Bertz CT molecular complexity index is 1200. The SMILES string of the molecule is CC(=O)OC(C(=O)N1CCCCC1C(=O)NCc1ccc2c(N)nccc2c1)c1ccccc1. The maximum absolute atomic E-state index is 13.5. The van der Waals surface area contributed by atoms with Crippen molar-refractivity contribution in [2.45, 2.75) is 44.9 Å². The number of esters is 1. The summed E-state index contributed by atoms with van der Waals surface area (Å²) in [5.41, 5.74) is 7.42. The summed E-state index contributed by atoms with van der Waals surface area (Å²) in [7, 11) is 0. The molecule has 2 heterocycles. The van der Waals surface area contributed by atoms with E-state index in [4.69, 9.17) is 10.5 Å². The minimum atomic E-state index is -1.08. The van der Waals surface area contributed by atoms with Crippen molar-refractivity contribution in [1.82, 2.24) is 15.2 Å². The van der Waals surface area contributed by atoms with Crippen LogP contribution in [-0.2, 0) is 25.7 Å². The zero-order chi connectivity index (χ0) is 24.1.